The molecule has 35 heavy (non-hydrogen) atoms. The van der Waals surface area contributed by atoms with Gasteiger partial charge >= 0.3 is 0 Å². The number of likely N-dealkylation sites (N-methyl/N-ethyl adjacent to an activating group) is 1. The first-order valence-electron chi connectivity index (χ1n) is 12.2. The van der Waals surface area contributed by atoms with Crippen LogP contribution >= 0.6 is 0 Å². The van der Waals surface area contributed by atoms with E-state index in [-0.39, 0.29) is 5.91 Å². The molecule has 0 unspecified atom stereocenters. The van der Waals surface area contributed by atoms with Gasteiger partial charge in [0.15, 0.2) is 0 Å². The van der Waals surface area contributed by atoms with Crippen LogP contribution in [0.1, 0.15) is 21.5 Å². The summed E-state index contributed by atoms with van der Waals surface area (Å²) in [6.07, 6.45) is 3.95. The number of carbonyl (C=O) groups excluding carboxylic acids is 1. The Morgan fingerprint density at radius 1 is 0.914 bits per heavy atom. The number of nitrogens with zero attached hydrogens (tertiary/aromatic N) is 4. The molecule has 1 saturated heterocycles. The summed E-state index contributed by atoms with van der Waals surface area (Å²) in [6.45, 7) is 8.52. The van der Waals surface area contributed by atoms with Crippen LogP contribution in [0.4, 0.5) is 5.69 Å². The highest BCUT2D eigenvalue weighted by atomic mass is 16.2. The molecular formula is C29H33N5O. The number of hydrogen-bond donors (Lipinski definition) is 1. The van der Waals surface area contributed by atoms with Gasteiger partial charge in [-0.3, -0.25) is 4.79 Å². The van der Waals surface area contributed by atoms with Crippen LogP contribution < -0.4 is 4.90 Å². The highest BCUT2D eigenvalue weighted by Gasteiger charge is 2.17. The predicted molar refractivity (Wildman–Crippen MR) is 144 cm³/mol. The third-order valence-electron chi connectivity index (χ3n) is 7.08. The number of fused-ring (bicyclic) bond motifs is 1. The maximum absolute atomic E-state index is 12.4. The van der Waals surface area contributed by atoms with Crippen molar-refractivity contribution in [2.45, 2.75) is 13.8 Å². The molecule has 1 amide bonds. The molecule has 3 heterocycles. The van der Waals surface area contributed by atoms with Crippen molar-refractivity contribution in [1.82, 2.24) is 19.8 Å². The van der Waals surface area contributed by atoms with E-state index in [1.807, 2.05) is 31.5 Å². The lowest BCUT2D eigenvalue weighted by molar-refractivity contribution is 0.0827. The van der Waals surface area contributed by atoms with Gasteiger partial charge in [0.25, 0.3) is 5.91 Å². The molecule has 0 bridgehead atoms. The largest absolute Gasteiger partial charge is 0.369 e. The van der Waals surface area contributed by atoms with E-state index < -0.39 is 0 Å². The summed E-state index contributed by atoms with van der Waals surface area (Å²) in [5.74, 6) is 0.0207. The molecule has 2 aromatic heterocycles. The quantitative estimate of drug-likeness (QED) is 0.461. The van der Waals surface area contributed by atoms with Gasteiger partial charge in [-0.1, -0.05) is 18.2 Å². The van der Waals surface area contributed by atoms with E-state index in [4.69, 9.17) is 4.98 Å². The summed E-state index contributed by atoms with van der Waals surface area (Å²) in [7, 11) is 5.74. The molecule has 0 atom stereocenters. The van der Waals surface area contributed by atoms with Gasteiger partial charge in [-0.25, -0.2) is 4.98 Å². The van der Waals surface area contributed by atoms with Crippen molar-refractivity contribution in [3.8, 4) is 22.3 Å². The van der Waals surface area contributed by atoms with Gasteiger partial charge in [0, 0.05) is 80.4 Å². The first-order chi connectivity index (χ1) is 16.8. The minimum absolute atomic E-state index is 0.0207. The molecule has 1 N–H and O–H groups in total. The lowest BCUT2D eigenvalue weighted by atomic mass is 9.97. The normalized spacial score (nSPS) is 14.5. The zero-order valence-electron chi connectivity index (χ0n) is 21.2. The number of aromatic amines is 1. The molecular weight excluding hydrogens is 434 g/mol. The summed E-state index contributed by atoms with van der Waals surface area (Å²) in [5, 5.41) is 1.08. The summed E-state index contributed by atoms with van der Waals surface area (Å²) in [4.78, 5) is 26.9. The molecule has 0 aliphatic carbocycles. The molecule has 1 aliphatic heterocycles. The molecule has 5 rings (SSSR count). The van der Waals surface area contributed by atoms with E-state index in [1.165, 1.54) is 16.8 Å². The van der Waals surface area contributed by atoms with Crippen molar-refractivity contribution in [2.24, 2.45) is 0 Å². The number of amides is 1. The number of hydrogen-bond acceptors (Lipinski definition) is 4. The summed E-state index contributed by atoms with van der Waals surface area (Å²) in [6, 6.07) is 15.0. The van der Waals surface area contributed by atoms with E-state index in [0.717, 1.165) is 65.0 Å². The number of H-pyrrole nitrogens is 1. The first-order valence-corrected chi connectivity index (χ1v) is 12.2. The lowest BCUT2D eigenvalue weighted by Crippen LogP contribution is -2.44. The monoisotopic (exact) mass is 467 g/mol. The van der Waals surface area contributed by atoms with Crippen LogP contribution in [-0.4, -0.2) is 73.0 Å². The maximum atomic E-state index is 12.4. The number of rotatable bonds is 4. The van der Waals surface area contributed by atoms with Crippen LogP contribution in [0.3, 0.4) is 0 Å². The fourth-order valence-corrected chi connectivity index (χ4v) is 4.95. The second kappa shape index (κ2) is 9.19. The summed E-state index contributed by atoms with van der Waals surface area (Å²) in [5.41, 5.74) is 9.60. The zero-order valence-corrected chi connectivity index (χ0v) is 21.2. The molecule has 6 nitrogen and oxygen atoms in total. The van der Waals surface area contributed by atoms with Gasteiger partial charge in [0.1, 0.15) is 5.65 Å². The highest BCUT2D eigenvalue weighted by Crippen LogP contribution is 2.33. The van der Waals surface area contributed by atoms with Crippen molar-refractivity contribution in [3.63, 3.8) is 0 Å². The number of pyridine rings is 1. The Morgan fingerprint density at radius 2 is 1.63 bits per heavy atom. The SMILES string of the molecule is Cc1cc(-c2c[nH]c3ncc(-c4ccc(N5CCN(C)CC5)c(C)c4)cc23)ccc1C(=O)N(C)C. The minimum Gasteiger partial charge on any atom is -0.369 e. The van der Waals surface area contributed by atoms with Gasteiger partial charge in [0.05, 0.1) is 0 Å². The minimum atomic E-state index is 0.0207. The van der Waals surface area contributed by atoms with Crippen molar-refractivity contribution < 1.29 is 4.79 Å². The Labute approximate surface area is 207 Å². The molecule has 0 saturated carbocycles. The van der Waals surface area contributed by atoms with E-state index in [2.05, 4.69) is 59.1 Å². The second-order valence-electron chi connectivity index (χ2n) is 9.84. The number of aryl methyl sites for hydroxylation is 2. The van der Waals surface area contributed by atoms with Crippen LogP contribution in [-0.2, 0) is 0 Å². The van der Waals surface area contributed by atoms with Crippen LogP contribution in [0.25, 0.3) is 33.3 Å². The number of anilines is 1. The number of carbonyl (C=O) groups is 1. The van der Waals surface area contributed by atoms with Gasteiger partial charge in [-0.2, -0.15) is 0 Å². The van der Waals surface area contributed by atoms with Crippen LogP contribution in [0.15, 0.2) is 54.9 Å². The average molecular weight is 468 g/mol. The topological polar surface area (TPSA) is 55.5 Å². The second-order valence-corrected chi connectivity index (χ2v) is 9.84. The molecule has 180 valence electrons. The summed E-state index contributed by atoms with van der Waals surface area (Å²) < 4.78 is 0. The molecule has 6 heteroatoms. The molecule has 0 spiro atoms. The molecule has 2 aromatic carbocycles. The molecule has 1 aliphatic rings. The standard InChI is InChI=1S/C29H33N5O/c1-19-14-22(6-8-24(19)29(35)32(3)4)26-18-31-28-25(26)16-23(17-30-28)21-7-9-27(20(2)15-21)34-12-10-33(5)11-13-34/h6-9,14-18H,10-13H2,1-5H3,(H,30,31). The fraction of sp³-hybridized carbons (Fsp3) is 0.310. The maximum Gasteiger partial charge on any atom is 0.253 e. The number of benzene rings is 2. The van der Waals surface area contributed by atoms with Crippen molar-refractivity contribution in [3.05, 3.63) is 71.5 Å². The highest BCUT2D eigenvalue weighted by molar-refractivity contribution is 5.99. The fourth-order valence-electron chi connectivity index (χ4n) is 4.95. The lowest BCUT2D eigenvalue weighted by Gasteiger charge is -2.35. The van der Waals surface area contributed by atoms with Crippen molar-refractivity contribution >= 4 is 22.6 Å². The van der Waals surface area contributed by atoms with Gasteiger partial charge in [-0.15, -0.1) is 0 Å². The van der Waals surface area contributed by atoms with Gasteiger partial charge in [-0.05, 0) is 67.4 Å². The van der Waals surface area contributed by atoms with E-state index in [1.54, 1.807) is 19.0 Å². The molecule has 4 aromatic rings. The summed E-state index contributed by atoms with van der Waals surface area (Å²) >= 11 is 0. The van der Waals surface area contributed by atoms with Crippen molar-refractivity contribution in [2.75, 3.05) is 52.2 Å². The average Bonchev–Trinajstić information content (AvgIpc) is 3.27. The zero-order chi connectivity index (χ0) is 24.7. The van der Waals surface area contributed by atoms with Crippen LogP contribution in [0.2, 0.25) is 0 Å². The van der Waals surface area contributed by atoms with E-state index >= 15 is 0 Å². The Balaban J connectivity index is 1.48. The Morgan fingerprint density at radius 3 is 2.31 bits per heavy atom. The van der Waals surface area contributed by atoms with E-state index in [9.17, 15) is 4.79 Å². The predicted octanol–water partition coefficient (Wildman–Crippen LogP) is 4.97. The number of piperazine rings is 1. The van der Waals surface area contributed by atoms with Crippen molar-refractivity contribution in [1.29, 1.82) is 0 Å². The number of nitrogens with one attached hydrogen (secondary N) is 1. The number of aromatic nitrogens is 2. The third-order valence-corrected chi connectivity index (χ3v) is 7.08. The van der Waals surface area contributed by atoms with Gasteiger partial charge in [0.2, 0.25) is 0 Å². The van der Waals surface area contributed by atoms with Crippen LogP contribution in [0, 0.1) is 13.8 Å². The third kappa shape index (κ3) is 4.42. The Bertz CT molecular complexity index is 1400. The first kappa shape index (κ1) is 23.1. The molecule has 1 fully saturated rings. The Kier molecular flexibility index (Phi) is 6.07. The van der Waals surface area contributed by atoms with Gasteiger partial charge < -0.3 is 19.7 Å². The Hall–Kier alpha value is -3.64. The molecule has 0 radical (unpaired) electrons. The van der Waals surface area contributed by atoms with E-state index in [0.29, 0.717) is 0 Å². The van der Waals surface area contributed by atoms with Crippen LogP contribution in [0.5, 0.6) is 0 Å². The smallest absolute Gasteiger partial charge is 0.253 e.